The number of carbonyl (C=O) groups excluding carboxylic acids is 1. The molecule has 0 spiro atoms. The number of ether oxygens (including phenoxy) is 2. The quantitative estimate of drug-likeness (QED) is 0.498. The first-order valence-corrected chi connectivity index (χ1v) is 8.58. The molecule has 0 aromatic heterocycles. The van der Waals surface area contributed by atoms with E-state index in [4.69, 9.17) is 9.47 Å². The van der Waals surface area contributed by atoms with Crippen molar-refractivity contribution in [2.45, 2.75) is 50.8 Å². The molecule has 6 unspecified atom stereocenters. The van der Waals surface area contributed by atoms with E-state index in [-0.39, 0.29) is 41.6 Å². The van der Waals surface area contributed by atoms with E-state index in [0.29, 0.717) is 18.1 Å². The maximum absolute atomic E-state index is 10.7. The topological polar surface area (TPSA) is 99.1 Å². The molecule has 0 aromatic rings. The zero-order valence-corrected chi connectivity index (χ0v) is 16.0. The van der Waals surface area contributed by atoms with E-state index >= 15 is 0 Å². The molecule has 6 atom stereocenters. The molecule has 0 aromatic carbocycles. The van der Waals surface area contributed by atoms with Gasteiger partial charge in [0.2, 0.25) is 0 Å². The predicted molar refractivity (Wildman–Crippen MR) is 75.5 cm³/mol. The minimum Gasteiger partial charge on any atom is -0.550 e. The van der Waals surface area contributed by atoms with E-state index in [1.54, 1.807) is 6.92 Å². The van der Waals surface area contributed by atoms with Gasteiger partial charge in [-0.3, -0.25) is 0 Å². The third-order valence-electron chi connectivity index (χ3n) is 4.12. The van der Waals surface area contributed by atoms with Crippen molar-refractivity contribution < 1.29 is 59.1 Å². The largest absolute Gasteiger partial charge is 1.00 e. The molecule has 0 amide bonds. The van der Waals surface area contributed by atoms with Crippen molar-refractivity contribution in [3.05, 3.63) is 0 Å². The number of aliphatic carboxylic acids is 1. The zero-order chi connectivity index (χ0) is 15.4. The third kappa shape index (κ3) is 5.34. The summed E-state index contributed by atoms with van der Waals surface area (Å²) >= 11 is 1.47. The van der Waals surface area contributed by atoms with Crippen LogP contribution < -0.4 is 34.7 Å². The van der Waals surface area contributed by atoms with Crippen LogP contribution in [0.1, 0.15) is 26.2 Å². The van der Waals surface area contributed by atoms with Gasteiger partial charge in [0.25, 0.3) is 0 Å². The van der Waals surface area contributed by atoms with Crippen LogP contribution in [0, 0.1) is 11.8 Å². The summed E-state index contributed by atoms with van der Waals surface area (Å²) in [5, 5.41) is 31.0. The Labute approximate surface area is 157 Å². The number of rotatable bonds is 5. The Balaban J connectivity index is 0.00000242. The van der Waals surface area contributed by atoms with Gasteiger partial charge in [0, 0.05) is 35.9 Å². The SMILES string of the molecule is CC(CSCC1OC2OCCCCC1C(O)C2O)C(=O)[O-].[Na+]. The standard InChI is InChI=1S/C14H24O6S.Na/c1-8(13(17)18)6-21-7-10-9-4-2-3-5-19-14(20-10)12(16)11(9)15;/h8-12,14-16H,2-7H2,1H3,(H,17,18);/q;+1/p-1. The van der Waals surface area contributed by atoms with E-state index in [1.165, 1.54) is 11.8 Å². The fraction of sp³-hybridized carbons (Fsp3) is 0.929. The molecule has 3 fully saturated rings. The summed E-state index contributed by atoms with van der Waals surface area (Å²) in [5.74, 6) is -0.692. The summed E-state index contributed by atoms with van der Waals surface area (Å²) in [6.45, 7) is 2.13. The van der Waals surface area contributed by atoms with E-state index < -0.39 is 30.4 Å². The minimum absolute atomic E-state index is 0. The molecule has 8 heteroatoms. The predicted octanol–water partition coefficient (Wildman–Crippen LogP) is -3.63. The smallest absolute Gasteiger partial charge is 0.550 e. The molecular formula is C14H23NaO6S. The number of carbonyl (C=O) groups is 1. The van der Waals surface area contributed by atoms with Gasteiger partial charge in [-0.1, -0.05) is 13.3 Å². The van der Waals surface area contributed by atoms with Crippen molar-refractivity contribution in [3.8, 4) is 0 Å². The van der Waals surface area contributed by atoms with Gasteiger partial charge in [0.1, 0.15) is 6.10 Å². The minimum atomic E-state index is -1.06. The molecule has 3 aliphatic rings. The molecule has 2 N–H and O–H groups in total. The molecule has 3 rings (SSSR count). The number of fused-ring (bicyclic) bond motifs is 6. The van der Waals surface area contributed by atoms with Crippen molar-refractivity contribution >= 4 is 17.7 Å². The van der Waals surface area contributed by atoms with Crippen LogP contribution in [-0.4, -0.2) is 58.9 Å². The number of aliphatic hydroxyl groups is 2. The maximum atomic E-state index is 10.7. The molecule has 22 heavy (non-hydrogen) atoms. The number of carboxylic acids is 1. The van der Waals surface area contributed by atoms with Gasteiger partial charge in [0.05, 0.1) is 12.2 Å². The van der Waals surface area contributed by atoms with E-state index in [0.717, 1.165) is 19.3 Å². The molecular weight excluding hydrogens is 319 g/mol. The normalized spacial score (nSPS) is 36.6. The van der Waals surface area contributed by atoms with Gasteiger partial charge in [-0.25, -0.2) is 0 Å². The van der Waals surface area contributed by atoms with Crippen LogP contribution in [-0.2, 0) is 14.3 Å². The van der Waals surface area contributed by atoms with Gasteiger partial charge in [0.15, 0.2) is 6.29 Å². The average Bonchev–Trinajstić information content (AvgIpc) is 2.58. The van der Waals surface area contributed by atoms with Crippen LogP contribution in [0.2, 0.25) is 0 Å². The Kier molecular flexibility index (Phi) is 9.26. The molecule has 0 aliphatic carbocycles. The summed E-state index contributed by atoms with van der Waals surface area (Å²) in [4.78, 5) is 10.7. The Hall–Kier alpha value is 0.660. The fourth-order valence-corrected chi connectivity index (χ4v) is 3.94. The fourth-order valence-electron chi connectivity index (χ4n) is 2.76. The van der Waals surface area contributed by atoms with Crippen LogP contribution in [0.15, 0.2) is 0 Å². The molecule has 3 saturated heterocycles. The Morgan fingerprint density at radius 3 is 2.77 bits per heavy atom. The van der Waals surface area contributed by atoms with Gasteiger partial charge in [-0.05, 0) is 12.8 Å². The second-order valence-corrected chi connectivity index (χ2v) is 6.89. The van der Waals surface area contributed by atoms with Crippen LogP contribution in [0.5, 0.6) is 0 Å². The summed E-state index contributed by atoms with van der Waals surface area (Å²) in [5.41, 5.74) is 0. The van der Waals surface area contributed by atoms with E-state index in [2.05, 4.69) is 0 Å². The van der Waals surface area contributed by atoms with Crippen LogP contribution in [0.3, 0.4) is 0 Å². The van der Waals surface area contributed by atoms with Crippen molar-refractivity contribution in [2.24, 2.45) is 11.8 Å². The second kappa shape index (κ2) is 9.84. The van der Waals surface area contributed by atoms with Crippen LogP contribution in [0.25, 0.3) is 0 Å². The Morgan fingerprint density at radius 1 is 1.36 bits per heavy atom. The number of hydrogen-bond donors (Lipinski definition) is 2. The van der Waals surface area contributed by atoms with Crippen LogP contribution in [0.4, 0.5) is 0 Å². The Morgan fingerprint density at radius 2 is 2.09 bits per heavy atom. The maximum Gasteiger partial charge on any atom is 1.00 e. The summed E-state index contributed by atoms with van der Waals surface area (Å²) in [6, 6.07) is 0. The molecule has 0 radical (unpaired) electrons. The van der Waals surface area contributed by atoms with Gasteiger partial charge >= 0.3 is 29.6 Å². The summed E-state index contributed by atoms with van der Waals surface area (Å²) in [6.07, 6.45) is -0.319. The average molecular weight is 342 g/mol. The van der Waals surface area contributed by atoms with Crippen molar-refractivity contribution in [1.29, 1.82) is 0 Å². The number of carboxylic acid groups (broad SMARTS) is 1. The molecule has 2 bridgehead atoms. The van der Waals surface area contributed by atoms with Gasteiger partial charge in [-0.2, -0.15) is 11.8 Å². The van der Waals surface area contributed by atoms with Gasteiger partial charge in [-0.15, -0.1) is 0 Å². The summed E-state index contributed by atoms with van der Waals surface area (Å²) < 4.78 is 11.3. The first-order chi connectivity index (χ1) is 10.0. The van der Waals surface area contributed by atoms with Crippen LogP contribution >= 0.6 is 11.8 Å². The first-order valence-electron chi connectivity index (χ1n) is 7.42. The summed E-state index contributed by atoms with van der Waals surface area (Å²) in [7, 11) is 0. The number of thioether (sulfide) groups is 1. The number of hydrogen-bond acceptors (Lipinski definition) is 7. The zero-order valence-electron chi connectivity index (χ0n) is 13.1. The van der Waals surface area contributed by atoms with Crippen molar-refractivity contribution in [1.82, 2.24) is 0 Å². The third-order valence-corrected chi connectivity index (χ3v) is 5.42. The second-order valence-electron chi connectivity index (χ2n) is 5.81. The molecule has 6 nitrogen and oxygen atoms in total. The van der Waals surface area contributed by atoms with Crippen molar-refractivity contribution in [2.75, 3.05) is 18.1 Å². The van der Waals surface area contributed by atoms with Crippen molar-refractivity contribution in [3.63, 3.8) is 0 Å². The number of aliphatic hydroxyl groups excluding tert-OH is 2. The molecule has 3 aliphatic heterocycles. The Bertz CT molecular complexity index is 356. The monoisotopic (exact) mass is 342 g/mol. The van der Waals surface area contributed by atoms with E-state index in [1.807, 2.05) is 0 Å². The van der Waals surface area contributed by atoms with E-state index in [9.17, 15) is 20.1 Å². The molecule has 0 saturated carbocycles. The first kappa shape index (κ1) is 20.7. The van der Waals surface area contributed by atoms with Gasteiger partial charge < -0.3 is 29.6 Å². The molecule has 122 valence electrons. The molecule has 3 heterocycles.